The molecule has 1 aromatic carbocycles. The lowest BCUT2D eigenvalue weighted by Crippen LogP contribution is -2.04. The minimum atomic E-state index is -0.855. The van der Waals surface area contributed by atoms with Crippen molar-refractivity contribution in [3.63, 3.8) is 0 Å². The molecule has 0 aliphatic heterocycles. The Morgan fingerprint density at radius 1 is 1.33 bits per heavy atom. The van der Waals surface area contributed by atoms with Crippen LogP contribution in [0.5, 0.6) is 0 Å². The van der Waals surface area contributed by atoms with Crippen LogP contribution in [0.2, 0.25) is 0 Å². The molecule has 0 saturated heterocycles. The Bertz CT molecular complexity index is 330. The van der Waals surface area contributed by atoms with Gasteiger partial charge in [0.1, 0.15) is 4.83 Å². The Hall–Kier alpha value is -0.830. The van der Waals surface area contributed by atoms with Crippen LogP contribution in [0.3, 0.4) is 0 Å². The van der Waals surface area contributed by atoms with Crippen molar-refractivity contribution in [1.29, 1.82) is 0 Å². The SMILES string of the molecule is CC(C)Cc1ccc(C(Br)C(=O)O)cc1. The van der Waals surface area contributed by atoms with Crippen LogP contribution in [0.15, 0.2) is 24.3 Å². The first-order valence-electron chi connectivity index (χ1n) is 4.96. The summed E-state index contributed by atoms with van der Waals surface area (Å²) in [7, 11) is 0. The average Bonchev–Trinajstić information content (AvgIpc) is 2.17. The topological polar surface area (TPSA) is 37.3 Å². The zero-order valence-electron chi connectivity index (χ0n) is 8.90. The lowest BCUT2D eigenvalue weighted by molar-refractivity contribution is -0.136. The van der Waals surface area contributed by atoms with Gasteiger partial charge in [-0.25, -0.2) is 0 Å². The number of alkyl halides is 1. The number of carboxylic acids is 1. The van der Waals surface area contributed by atoms with Crippen molar-refractivity contribution in [2.75, 3.05) is 0 Å². The molecule has 0 saturated carbocycles. The maximum absolute atomic E-state index is 10.7. The Labute approximate surface area is 98.4 Å². The van der Waals surface area contributed by atoms with Crippen molar-refractivity contribution in [1.82, 2.24) is 0 Å². The Morgan fingerprint density at radius 3 is 2.27 bits per heavy atom. The van der Waals surface area contributed by atoms with E-state index in [-0.39, 0.29) is 0 Å². The third kappa shape index (κ3) is 3.67. The Kier molecular flexibility index (Phi) is 4.33. The number of benzene rings is 1. The molecule has 0 radical (unpaired) electrons. The van der Waals surface area contributed by atoms with Gasteiger partial charge in [0.15, 0.2) is 0 Å². The van der Waals surface area contributed by atoms with Crippen LogP contribution in [-0.4, -0.2) is 11.1 Å². The molecule has 15 heavy (non-hydrogen) atoms. The molecule has 1 atom stereocenters. The van der Waals surface area contributed by atoms with Crippen molar-refractivity contribution in [2.45, 2.75) is 25.1 Å². The van der Waals surface area contributed by atoms with E-state index < -0.39 is 10.8 Å². The van der Waals surface area contributed by atoms with Crippen LogP contribution in [-0.2, 0) is 11.2 Å². The highest BCUT2D eigenvalue weighted by atomic mass is 79.9. The van der Waals surface area contributed by atoms with Crippen LogP contribution in [0.1, 0.15) is 29.8 Å². The summed E-state index contributed by atoms with van der Waals surface area (Å²) < 4.78 is 0. The quantitative estimate of drug-likeness (QED) is 0.852. The molecule has 0 aliphatic carbocycles. The van der Waals surface area contributed by atoms with E-state index in [9.17, 15) is 4.79 Å². The molecule has 0 spiro atoms. The van der Waals surface area contributed by atoms with Gasteiger partial charge in [-0.3, -0.25) is 4.79 Å². The van der Waals surface area contributed by atoms with E-state index in [1.54, 1.807) is 0 Å². The lowest BCUT2D eigenvalue weighted by Gasteiger charge is -2.08. The van der Waals surface area contributed by atoms with E-state index in [4.69, 9.17) is 5.11 Å². The van der Waals surface area contributed by atoms with Gasteiger partial charge in [0.25, 0.3) is 0 Å². The number of carbonyl (C=O) groups is 1. The fourth-order valence-electron chi connectivity index (χ4n) is 1.44. The minimum Gasteiger partial charge on any atom is -0.480 e. The number of hydrogen-bond acceptors (Lipinski definition) is 1. The van der Waals surface area contributed by atoms with Gasteiger partial charge in [0.05, 0.1) is 0 Å². The van der Waals surface area contributed by atoms with Crippen molar-refractivity contribution in [3.8, 4) is 0 Å². The Morgan fingerprint density at radius 2 is 1.87 bits per heavy atom. The van der Waals surface area contributed by atoms with Crippen molar-refractivity contribution >= 4 is 21.9 Å². The van der Waals surface area contributed by atoms with Crippen molar-refractivity contribution in [3.05, 3.63) is 35.4 Å². The van der Waals surface area contributed by atoms with Gasteiger partial charge in [0.2, 0.25) is 0 Å². The molecule has 1 unspecified atom stereocenters. The number of halogens is 1. The molecule has 0 bridgehead atoms. The van der Waals surface area contributed by atoms with Gasteiger partial charge in [-0.1, -0.05) is 54.0 Å². The highest BCUT2D eigenvalue weighted by Crippen LogP contribution is 2.23. The predicted octanol–water partition coefficient (Wildman–Crippen LogP) is 3.41. The van der Waals surface area contributed by atoms with Crippen LogP contribution in [0.25, 0.3) is 0 Å². The van der Waals surface area contributed by atoms with E-state index >= 15 is 0 Å². The minimum absolute atomic E-state index is 0.606. The van der Waals surface area contributed by atoms with Gasteiger partial charge in [-0.15, -0.1) is 0 Å². The molecule has 1 aromatic rings. The zero-order chi connectivity index (χ0) is 11.4. The van der Waals surface area contributed by atoms with E-state index in [1.165, 1.54) is 5.56 Å². The maximum Gasteiger partial charge on any atom is 0.321 e. The summed E-state index contributed by atoms with van der Waals surface area (Å²) >= 11 is 3.13. The van der Waals surface area contributed by atoms with Crippen molar-refractivity contribution in [2.24, 2.45) is 5.92 Å². The summed E-state index contributed by atoms with van der Waals surface area (Å²) in [4.78, 5) is 10.1. The zero-order valence-corrected chi connectivity index (χ0v) is 10.5. The number of rotatable bonds is 4. The molecule has 0 amide bonds. The summed E-state index contributed by atoms with van der Waals surface area (Å²) in [5.41, 5.74) is 2.04. The lowest BCUT2D eigenvalue weighted by atomic mass is 10.0. The third-order valence-corrected chi connectivity index (χ3v) is 3.05. The molecule has 0 aromatic heterocycles. The van der Waals surface area contributed by atoms with Gasteiger partial charge in [0, 0.05) is 0 Å². The fourth-order valence-corrected chi connectivity index (χ4v) is 1.74. The van der Waals surface area contributed by atoms with Gasteiger partial charge in [-0.05, 0) is 23.5 Å². The Balaban J connectivity index is 2.76. The van der Waals surface area contributed by atoms with Crippen LogP contribution in [0.4, 0.5) is 0 Å². The highest BCUT2D eigenvalue weighted by molar-refractivity contribution is 9.09. The summed E-state index contributed by atoms with van der Waals surface area (Å²) in [6.45, 7) is 4.33. The third-order valence-electron chi connectivity index (χ3n) is 2.13. The summed E-state index contributed by atoms with van der Waals surface area (Å²) in [5.74, 6) is -0.235. The van der Waals surface area contributed by atoms with Crippen LogP contribution >= 0.6 is 15.9 Å². The summed E-state index contributed by atoms with van der Waals surface area (Å²) in [5, 5.41) is 8.80. The van der Waals surface area contributed by atoms with E-state index in [0.717, 1.165) is 12.0 Å². The summed E-state index contributed by atoms with van der Waals surface area (Å²) in [6, 6.07) is 7.72. The number of hydrogen-bond donors (Lipinski definition) is 1. The highest BCUT2D eigenvalue weighted by Gasteiger charge is 2.14. The fraction of sp³-hybridized carbons (Fsp3) is 0.417. The van der Waals surface area contributed by atoms with Gasteiger partial charge >= 0.3 is 5.97 Å². The first-order valence-corrected chi connectivity index (χ1v) is 5.88. The second kappa shape index (κ2) is 5.31. The molecule has 0 aliphatic rings. The van der Waals surface area contributed by atoms with Crippen LogP contribution in [0, 0.1) is 5.92 Å². The molecule has 2 nitrogen and oxygen atoms in total. The molecule has 3 heteroatoms. The molecule has 1 rings (SSSR count). The largest absolute Gasteiger partial charge is 0.480 e. The normalized spacial score (nSPS) is 12.8. The first kappa shape index (κ1) is 12.2. The second-order valence-corrected chi connectivity index (χ2v) is 4.96. The van der Waals surface area contributed by atoms with E-state index in [0.29, 0.717) is 5.92 Å². The number of aliphatic carboxylic acids is 1. The second-order valence-electron chi connectivity index (χ2n) is 4.04. The van der Waals surface area contributed by atoms with E-state index in [2.05, 4.69) is 29.8 Å². The standard InChI is InChI=1S/C12H15BrO2/c1-8(2)7-9-3-5-10(6-4-9)11(13)12(14)15/h3-6,8,11H,7H2,1-2H3,(H,14,15). The van der Waals surface area contributed by atoms with Crippen LogP contribution < -0.4 is 0 Å². The summed E-state index contributed by atoms with van der Waals surface area (Å²) in [6.07, 6.45) is 1.03. The molecule has 82 valence electrons. The number of carboxylic acid groups (broad SMARTS) is 1. The van der Waals surface area contributed by atoms with Crippen molar-refractivity contribution < 1.29 is 9.90 Å². The first-order chi connectivity index (χ1) is 7.00. The molecule has 1 N–H and O–H groups in total. The smallest absolute Gasteiger partial charge is 0.321 e. The molecule has 0 fully saturated rings. The monoisotopic (exact) mass is 270 g/mol. The maximum atomic E-state index is 10.7. The van der Waals surface area contributed by atoms with E-state index in [1.807, 2.05) is 24.3 Å². The average molecular weight is 271 g/mol. The van der Waals surface area contributed by atoms with Gasteiger partial charge < -0.3 is 5.11 Å². The molecular weight excluding hydrogens is 256 g/mol. The molecule has 0 heterocycles. The predicted molar refractivity (Wildman–Crippen MR) is 64.3 cm³/mol. The molecular formula is C12H15BrO2. The van der Waals surface area contributed by atoms with Gasteiger partial charge in [-0.2, -0.15) is 0 Å².